The van der Waals surface area contributed by atoms with Crippen LogP contribution in [0.3, 0.4) is 0 Å². The monoisotopic (exact) mass is 386 g/mol. The second-order valence-corrected chi connectivity index (χ2v) is 7.07. The zero-order valence-corrected chi connectivity index (χ0v) is 15.8. The molecule has 2 N–H and O–H groups in total. The summed E-state index contributed by atoms with van der Waals surface area (Å²) in [5.41, 5.74) is -0.294. The van der Waals surface area contributed by atoms with Gasteiger partial charge in [-0.3, -0.25) is 0 Å². The maximum absolute atomic E-state index is 11.5. The summed E-state index contributed by atoms with van der Waals surface area (Å²) < 4.78 is 11.0. The average Bonchev–Trinajstić information content (AvgIpc) is 3.31. The smallest absolute Gasteiger partial charge is 0.405 e. The number of nitrogens with one attached hydrogen (secondary N) is 1. The molecule has 10 heteroatoms. The lowest BCUT2D eigenvalue weighted by Gasteiger charge is -2.37. The van der Waals surface area contributed by atoms with Gasteiger partial charge in [-0.05, 0) is 45.3 Å². The van der Waals surface area contributed by atoms with Gasteiger partial charge in [-0.25, -0.2) is 4.79 Å². The van der Waals surface area contributed by atoms with Crippen molar-refractivity contribution in [3.63, 3.8) is 0 Å². The Kier molecular flexibility index (Phi) is 4.62. The van der Waals surface area contributed by atoms with Crippen LogP contribution in [0.5, 0.6) is 0 Å². The highest BCUT2D eigenvalue weighted by Crippen LogP contribution is 2.40. The van der Waals surface area contributed by atoms with Crippen molar-refractivity contribution in [1.29, 1.82) is 0 Å². The van der Waals surface area contributed by atoms with Gasteiger partial charge in [-0.15, -0.1) is 0 Å². The SMILES string of the molecule is Cc1noc(C2(c3nc(C)no3)C=C(N3CCCCC3)C=CC2NC(=O)O)n1. The molecule has 3 heterocycles. The second kappa shape index (κ2) is 7.10. The van der Waals surface area contributed by atoms with Crippen molar-refractivity contribution in [1.82, 2.24) is 30.5 Å². The van der Waals surface area contributed by atoms with E-state index in [1.807, 2.05) is 12.2 Å². The van der Waals surface area contributed by atoms with Gasteiger partial charge in [-0.1, -0.05) is 16.4 Å². The maximum Gasteiger partial charge on any atom is 0.405 e. The Labute approximate surface area is 161 Å². The van der Waals surface area contributed by atoms with E-state index in [1.54, 1.807) is 19.9 Å². The van der Waals surface area contributed by atoms with E-state index < -0.39 is 17.6 Å². The van der Waals surface area contributed by atoms with Crippen molar-refractivity contribution in [2.75, 3.05) is 13.1 Å². The predicted molar refractivity (Wildman–Crippen MR) is 96.4 cm³/mol. The minimum Gasteiger partial charge on any atom is -0.465 e. The molecular formula is C18H22N6O4. The van der Waals surface area contributed by atoms with Crippen molar-refractivity contribution >= 4 is 6.09 Å². The fourth-order valence-corrected chi connectivity index (χ4v) is 3.77. The molecule has 0 radical (unpaired) electrons. The number of hydrogen-bond donors (Lipinski definition) is 2. The van der Waals surface area contributed by atoms with Gasteiger partial charge in [0.1, 0.15) is 0 Å². The van der Waals surface area contributed by atoms with Gasteiger partial charge in [0.05, 0.1) is 6.04 Å². The molecule has 0 saturated carbocycles. The lowest BCUT2D eigenvalue weighted by Crippen LogP contribution is -2.51. The van der Waals surface area contributed by atoms with E-state index in [0.717, 1.165) is 31.6 Å². The van der Waals surface area contributed by atoms with Crippen LogP contribution in [0.1, 0.15) is 42.7 Å². The van der Waals surface area contributed by atoms with Crippen molar-refractivity contribution in [3.8, 4) is 0 Å². The highest BCUT2D eigenvalue weighted by atomic mass is 16.5. The van der Waals surface area contributed by atoms with Gasteiger partial charge in [-0.2, -0.15) is 9.97 Å². The second-order valence-electron chi connectivity index (χ2n) is 7.07. The Morgan fingerprint density at radius 2 is 1.75 bits per heavy atom. The molecule has 28 heavy (non-hydrogen) atoms. The van der Waals surface area contributed by atoms with Crippen LogP contribution >= 0.6 is 0 Å². The third kappa shape index (κ3) is 3.14. The fraction of sp³-hybridized carbons (Fsp3) is 0.500. The predicted octanol–water partition coefficient (Wildman–Crippen LogP) is 1.93. The number of carboxylic acid groups (broad SMARTS) is 1. The van der Waals surface area contributed by atoms with Crippen molar-refractivity contribution in [3.05, 3.63) is 47.4 Å². The van der Waals surface area contributed by atoms with Crippen molar-refractivity contribution < 1.29 is 18.9 Å². The number of carbonyl (C=O) groups is 1. The van der Waals surface area contributed by atoms with E-state index in [-0.39, 0.29) is 11.8 Å². The molecule has 1 atom stereocenters. The molecule has 1 aliphatic heterocycles. The number of allylic oxidation sites excluding steroid dienone is 1. The van der Waals surface area contributed by atoms with Crippen molar-refractivity contribution in [2.24, 2.45) is 0 Å². The summed E-state index contributed by atoms with van der Waals surface area (Å²) in [5, 5.41) is 19.7. The van der Waals surface area contributed by atoms with Crippen LogP contribution < -0.4 is 5.32 Å². The summed E-state index contributed by atoms with van der Waals surface area (Å²) in [6, 6.07) is -0.752. The summed E-state index contributed by atoms with van der Waals surface area (Å²) in [7, 11) is 0. The largest absolute Gasteiger partial charge is 0.465 e. The van der Waals surface area contributed by atoms with E-state index >= 15 is 0 Å². The molecule has 0 bridgehead atoms. The first-order valence-electron chi connectivity index (χ1n) is 9.26. The summed E-state index contributed by atoms with van der Waals surface area (Å²) in [6.45, 7) is 5.25. The maximum atomic E-state index is 11.5. The topological polar surface area (TPSA) is 130 Å². The van der Waals surface area contributed by atoms with Gasteiger partial charge in [0.2, 0.25) is 11.8 Å². The molecule has 0 spiro atoms. The normalized spacial score (nSPS) is 21.4. The standard InChI is InChI=1S/C18H22N6O4/c1-11-19-15(27-22-11)18(16-20-12(2)23-28-16)10-13(24-8-4-3-5-9-24)6-7-14(18)21-17(25)26/h6-7,10,14,21H,3-5,8-9H2,1-2H3,(H,25,26). The molecule has 4 rings (SSSR count). The quantitative estimate of drug-likeness (QED) is 0.809. The number of hydrogen-bond acceptors (Lipinski definition) is 8. The highest BCUT2D eigenvalue weighted by molar-refractivity contribution is 5.66. The van der Waals surface area contributed by atoms with Gasteiger partial charge in [0, 0.05) is 18.8 Å². The fourth-order valence-electron chi connectivity index (χ4n) is 3.77. The Morgan fingerprint density at radius 1 is 1.14 bits per heavy atom. The van der Waals surface area contributed by atoms with Crippen LogP contribution in [0, 0.1) is 13.8 Å². The number of rotatable bonds is 4. The zero-order chi connectivity index (χ0) is 19.7. The Bertz CT molecular complexity index is 884. The highest BCUT2D eigenvalue weighted by Gasteiger charge is 2.52. The Morgan fingerprint density at radius 3 is 2.25 bits per heavy atom. The number of nitrogens with zero attached hydrogens (tertiary/aromatic N) is 5. The molecule has 10 nitrogen and oxygen atoms in total. The molecule has 2 aliphatic rings. The van der Waals surface area contributed by atoms with Crippen LogP contribution in [0.2, 0.25) is 0 Å². The van der Waals surface area contributed by atoms with E-state index in [1.165, 1.54) is 6.42 Å². The van der Waals surface area contributed by atoms with Crippen LogP contribution in [0.25, 0.3) is 0 Å². The summed E-state index contributed by atoms with van der Waals surface area (Å²) >= 11 is 0. The zero-order valence-electron chi connectivity index (χ0n) is 15.8. The average molecular weight is 386 g/mol. The lowest BCUT2D eigenvalue weighted by molar-refractivity contribution is 0.181. The van der Waals surface area contributed by atoms with Crippen LogP contribution in [-0.4, -0.2) is 55.5 Å². The van der Waals surface area contributed by atoms with E-state index in [0.29, 0.717) is 11.6 Å². The van der Waals surface area contributed by atoms with E-state index in [9.17, 15) is 9.90 Å². The Balaban J connectivity index is 1.89. The van der Waals surface area contributed by atoms with E-state index in [2.05, 4.69) is 30.5 Å². The number of likely N-dealkylation sites (tertiary alicyclic amines) is 1. The first kappa shape index (κ1) is 18.2. The third-order valence-electron chi connectivity index (χ3n) is 5.09. The van der Waals surface area contributed by atoms with Crippen molar-refractivity contribution in [2.45, 2.75) is 44.6 Å². The summed E-state index contributed by atoms with van der Waals surface area (Å²) in [5.74, 6) is 1.27. The van der Waals surface area contributed by atoms with Crippen LogP contribution in [0.15, 0.2) is 33.0 Å². The van der Waals surface area contributed by atoms with Crippen LogP contribution in [0.4, 0.5) is 4.79 Å². The van der Waals surface area contributed by atoms with Gasteiger partial charge in [0.25, 0.3) is 0 Å². The molecule has 1 saturated heterocycles. The number of aromatic nitrogens is 4. The molecule has 2 aromatic heterocycles. The third-order valence-corrected chi connectivity index (χ3v) is 5.09. The molecule has 1 amide bonds. The Hall–Kier alpha value is -3.17. The van der Waals surface area contributed by atoms with Crippen LogP contribution in [-0.2, 0) is 5.41 Å². The van der Waals surface area contributed by atoms with Gasteiger partial charge >= 0.3 is 6.09 Å². The molecule has 1 fully saturated rings. The molecular weight excluding hydrogens is 364 g/mol. The first-order chi connectivity index (χ1) is 13.5. The minimum absolute atomic E-state index is 0.200. The molecule has 2 aromatic rings. The minimum atomic E-state index is -1.23. The number of aryl methyl sites for hydroxylation is 2. The van der Waals surface area contributed by atoms with Gasteiger partial charge < -0.3 is 24.4 Å². The molecule has 1 aliphatic carbocycles. The molecule has 148 valence electrons. The molecule has 0 aromatic carbocycles. The summed E-state index contributed by atoms with van der Waals surface area (Å²) in [6.07, 6.45) is 7.82. The molecule has 1 unspecified atom stereocenters. The number of amides is 1. The summed E-state index contributed by atoms with van der Waals surface area (Å²) in [4.78, 5) is 22.6. The van der Waals surface area contributed by atoms with E-state index in [4.69, 9.17) is 9.05 Å². The first-order valence-corrected chi connectivity index (χ1v) is 9.26. The lowest BCUT2D eigenvalue weighted by atomic mass is 9.75. The van der Waals surface area contributed by atoms with Gasteiger partial charge in [0.15, 0.2) is 17.1 Å². The number of piperidine rings is 1.